The summed E-state index contributed by atoms with van der Waals surface area (Å²) in [5.74, 6) is 0. The molecule has 0 radical (unpaired) electrons. The van der Waals surface area contributed by atoms with Gasteiger partial charge in [0.05, 0.1) is 5.56 Å². The first kappa shape index (κ1) is 11.3. The van der Waals surface area contributed by atoms with Crippen LogP contribution in [0.1, 0.15) is 25.6 Å². The van der Waals surface area contributed by atoms with Gasteiger partial charge in [-0.3, -0.25) is 0 Å². The number of nitrogens with zero attached hydrogens (tertiary/aromatic N) is 1. The average molecular weight is 232 g/mol. The fourth-order valence-electron chi connectivity index (χ4n) is 1.63. The zero-order valence-electron chi connectivity index (χ0n) is 10.3. The maximum absolute atomic E-state index is 2.26. The molecular weight excluding hydrogens is 214 g/mol. The van der Waals surface area contributed by atoms with E-state index >= 15 is 0 Å². The number of thiophene rings is 1. The molecule has 0 spiro atoms. The van der Waals surface area contributed by atoms with Crippen LogP contribution in [0.3, 0.4) is 0 Å². The fourth-order valence-corrected chi connectivity index (χ4v) is 2.68. The molecule has 0 saturated carbocycles. The van der Waals surface area contributed by atoms with Crippen LogP contribution in [0.25, 0.3) is 10.4 Å². The Morgan fingerprint density at radius 2 is 1.88 bits per heavy atom. The van der Waals surface area contributed by atoms with E-state index < -0.39 is 0 Å². The summed E-state index contributed by atoms with van der Waals surface area (Å²) in [5, 5.41) is 0. The molecule has 84 valence electrons. The van der Waals surface area contributed by atoms with Gasteiger partial charge in [-0.05, 0) is 23.6 Å². The maximum atomic E-state index is 2.26. The molecule has 2 heteroatoms. The molecule has 2 rings (SSSR count). The van der Waals surface area contributed by atoms with Crippen molar-refractivity contribution in [3.8, 4) is 10.4 Å². The van der Waals surface area contributed by atoms with E-state index in [1.807, 2.05) is 11.3 Å². The highest BCUT2D eigenvalue weighted by Gasteiger charge is 2.16. The van der Waals surface area contributed by atoms with Gasteiger partial charge in [0.2, 0.25) is 0 Å². The molecule has 16 heavy (non-hydrogen) atoms. The smallest absolute Gasteiger partial charge is 0.177 e. The second-order valence-corrected chi connectivity index (χ2v) is 6.26. The van der Waals surface area contributed by atoms with E-state index in [9.17, 15) is 0 Å². The molecular formula is C14H18NS+. The first-order chi connectivity index (χ1) is 7.47. The first-order valence-corrected chi connectivity index (χ1v) is 6.34. The van der Waals surface area contributed by atoms with Crippen molar-refractivity contribution in [2.24, 2.45) is 7.05 Å². The van der Waals surface area contributed by atoms with Crippen LogP contribution < -0.4 is 4.57 Å². The lowest BCUT2D eigenvalue weighted by Gasteiger charge is -2.15. The molecule has 0 atom stereocenters. The third kappa shape index (κ3) is 2.33. The number of hydrogen-bond donors (Lipinski definition) is 0. The van der Waals surface area contributed by atoms with Crippen LogP contribution in [0.15, 0.2) is 36.7 Å². The average Bonchev–Trinajstić information content (AvgIpc) is 2.65. The fraction of sp³-hybridized carbons (Fsp3) is 0.357. The highest BCUT2D eigenvalue weighted by atomic mass is 32.1. The van der Waals surface area contributed by atoms with E-state index in [4.69, 9.17) is 0 Å². The second kappa shape index (κ2) is 4.02. The van der Waals surface area contributed by atoms with Crippen molar-refractivity contribution in [1.29, 1.82) is 0 Å². The molecule has 0 unspecified atom stereocenters. The number of aryl methyl sites for hydroxylation is 1. The van der Waals surface area contributed by atoms with Crippen LogP contribution >= 0.6 is 11.3 Å². The van der Waals surface area contributed by atoms with Gasteiger partial charge >= 0.3 is 0 Å². The summed E-state index contributed by atoms with van der Waals surface area (Å²) in [6.07, 6.45) is 4.22. The Hall–Kier alpha value is -1.15. The molecule has 0 aliphatic carbocycles. The lowest BCUT2D eigenvalue weighted by molar-refractivity contribution is -0.671. The Labute approximate surface area is 101 Å². The van der Waals surface area contributed by atoms with Crippen LogP contribution in [0, 0.1) is 0 Å². The predicted molar refractivity (Wildman–Crippen MR) is 69.6 cm³/mol. The van der Waals surface area contributed by atoms with Crippen LogP contribution in [-0.2, 0) is 12.5 Å². The van der Waals surface area contributed by atoms with Gasteiger partial charge in [0.1, 0.15) is 7.05 Å². The van der Waals surface area contributed by atoms with Crippen LogP contribution in [-0.4, -0.2) is 0 Å². The molecule has 0 aliphatic rings. The quantitative estimate of drug-likeness (QED) is 0.662. The number of hydrogen-bond acceptors (Lipinski definition) is 1. The zero-order chi connectivity index (χ0) is 11.8. The van der Waals surface area contributed by atoms with Crippen LogP contribution in [0.2, 0.25) is 0 Å². The Kier molecular flexibility index (Phi) is 2.85. The standard InChI is InChI=1S/C14H18NS/c1-14(2,3)13-8-7-12(16-13)11-6-5-9-15(4)10-11/h5-10H,1-4H3/q+1. The highest BCUT2D eigenvalue weighted by molar-refractivity contribution is 7.15. The van der Waals surface area contributed by atoms with Crippen molar-refractivity contribution in [1.82, 2.24) is 0 Å². The maximum Gasteiger partial charge on any atom is 0.177 e. The summed E-state index contributed by atoms with van der Waals surface area (Å²) in [6.45, 7) is 6.77. The summed E-state index contributed by atoms with van der Waals surface area (Å²) in [6, 6.07) is 8.72. The Bertz CT molecular complexity index is 491. The van der Waals surface area contributed by atoms with Gasteiger partial charge in [-0.25, -0.2) is 4.57 Å². The summed E-state index contributed by atoms with van der Waals surface area (Å²) in [5.41, 5.74) is 1.55. The van der Waals surface area contributed by atoms with E-state index in [0.29, 0.717) is 0 Å². The SMILES string of the molecule is C[n+]1cccc(-c2ccc(C(C)(C)C)s2)c1. The van der Waals surface area contributed by atoms with Crippen LogP contribution in [0.4, 0.5) is 0 Å². The van der Waals surface area contributed by atoms with Gasteiger partial charge < -0.3 is 0 Å². The molecule has 0 fully saturated rings. The van der Waals surface area contributed by atoms with Gasteiger partial charge in [-0.1, -0.05) is 20.8 Å². The van der Waals surface area contributed by atoms with Gasteiger partial charge in [0.25, 0.3) is 0 Å². The van der Waals surface area contributed by atoms with E-state index in [2.05, 4.69) is 69.0 Å². The molecule has 0 bridgehead atoms. The largest absolute Gasteiger partial charge is 0.207 e. The van der Waals surface area contributed by atoms with Crippen molar-refractivity contribution in [3.05, 3.63) is 41.5 Å². The van der Waals surface area contributed by atoms with E-state index in [1.165, 1.54) is 15.3 Å². The number of rotatable bonds is 1. The Morgan fingerprint density at radius 1 is 1.12 bits per heavy atom. The minimum atomic E-state index is 0.250. The highest BCUT2D eigenvalue weighted by Crippen LogP contribution is 2.34. The van der Waals surface area contributed by atoms with Gasteiger partial charge in [-0.2, -0.15) is 0 Å². The minimum absolute atomic E-state index is 0.250. The number of pyridine rings is 1. The summed E-state index contributed by atoms with van der Waals surface area (Å²) in [7, 11) is 2.06. The topological polar surface area (TPSA) is 3.88 Å². The molecule has 0 aromatic carbocycles. The van der Waals surface area contributed by atoms with E-state index in [1.54, 1.807) is 0 Å². The summed E-state index contributed by atoms with van der Waals surface area (Å²) < 4.78 is 2.09. The second-order valence-electron chi connectivity index (χ2n) is 5.17. The van der Waals surface area contributed by atoms with Gasteiger partial charge in [-0.15, -0.1) is 11.3 Å². The van der Waals surface area contributed by atoms with Crippen LogP contribution in [0.5, 0.6) is 0 Å². The molecule has 1 nitrogen and oxygen atoms in total. The monoisotopic (exact) mass is 232 g/mol. The predicted octanol–water partition coefficient (Wildman–Crippen LogP) is 3.54. The molecule has 0 amide bonds. The molecule has 2 heterocycles. The van der Waals surface area contributed by atoms with Crippen molar-refractivity contribution in [3.63, 3.8) is 0 Å². The van der Waals surface area contributed by atoms with Gasteiger partial charge in [0, 0.05) is 15.8 Å². The first-order valence-electron chi connectivity index (χ1n) is 5.53. The third-order valence-corrected chi connectivity index (χ3v) is 4.13. The van der Waals surface area contributed by atoms with Crippen molar-refractivity contribution in [2.75, 3.05) is 0 Å². The normalized spacial score (nSPS) is 11.8. The minimum Gasteiger partial charge on any atom is -0.207 e. The summed E-state index contributed by atoms with van der Waals surface area (Å²) >= 11 is 1.89. The number of aromatic nitrogens is 1. The summed E-state index contributed by atoms with van der Waals surface area (Å²) in [4.78, 5) is 2.79. The van der Waals surface area contributed by atoms with Crippen molar-refractivity contribution >= 4 is 11.3 Å². The third-order valence-electron chi connectivity index (χ3n) is 2.57. The van der Waals surface area contributed by atoms with E-state index in [0.717, 1.165) is 0 Å². The molecule has 2 aromatic heterocycles. The lowest BCUT2D eigenvalue weighted by Crippen LogP contribution is -2.26. The van der Waals surface area contributed by atoms with Crippen molar-refractivity contribution in [2.45, 2.75) is 26.2 Å². The van der Waals surface area contributed by atoms with Crippen molar-refractivity contribution < 1.29 is 4.57 Å². The molecule has 0 aliphatic heterocycles. The molecule has 2 aromatic rings. The van der Waals surface area contributed by atoms with Gasteiger partial charge in [0.15, 0.2) is 12.4 Å². The Balaban J connectivity index is 2.39. The molecule has 0 saturated heterocycles. The lowest BCUT2D eigenvalue weighted by atomic mass is 9.95. The molecule has 0 N–H and O–H groups in total. The van der Waals surface area contributed by atoms with E-state index in [-0.39, 0.29) is 5.41 Å². The zero-order valence-corrected chi connectivity index (χ0v) is 11.1. The Morgan fingerprint density at radius 3 is 2.44 bits per heavy atom.